The van der Waals surface area contributed by atoms with E-state index in [1.54, 1.807) is 0 Å². The molecule has 6 N–H and O–H groups in total. The number of carbonyl (C=O) groups excluding carboxylic acids is 1. The van der Waals surface area contributed by atoms with Crippen LogP contribution in [0.5, 0.6) is 0 Å². The first kappa shape index (κ1) is 48.2. The van der Waals surface area contributed by atoms with E-state index in [0.29, 0.717) is 6.42 Å². The number of amides is 1. The van der Waals surface area contributed by atoms with Gasteiger partial charge in [-0.05, 0) is 6.42 Å². The maximum Gasteiger partial charge on any atom is 0.217 e. The van der Waals surface area contributed by atoms with Crippen LogP contribution in [0.4, 0.5) is 0 Å². The van der Waals surface area contributed by atoms with Gasteiger partial charge in [0.15, 0.2) is 6.29 Å². The van der Waals surface area contributed by atoms with Gasteiger partial charge in [-0.15, -0.1) is 0 Å². The van der Waals surface area contributed by atoms with Crippen molar-refractivity contribution < 1.29 is 39.8 Å². The van der Waals surface area contributed by atoms with Gasteiger partial charge in [-0.25, -0.2) is 0 Å². The molecule has 0 bridgehead atoms. The summed E-state index contributed by atoms with van der Waals surface area (Å²) < 4.78 is 10.9. The summed E-state index contributed by atoms with van der Waals surface area (Å²) in [5, 5.41) is 52.8. The van der Waals surface area contributed by atoms with Gasteiger partial charge in [0.2, 0.25) is 5.91 Å². The molecular weight excluding hydrogens is 646 g/mol. The summed E-state index contributed by atoms with van der Waals surface area (Å²) >= 11 is 0. The molecule has 0 aromatic carbocycles. The van der Waals surface area contributed by atoms with E-state index >= 15 is 0 Å². The molecule has 1 aliphatic rings. The first-order chi connectivity index (χ1) is 24.8. The van der Waals surface area contributed by atoms with Crippen molar-refractivity contribution in [1.82, 2.24) is 5.32 Å². The average Bonchev–Trinajstić information content (AvgIpc) is 3.12. The van der Waals surface area contributed by atoms with Crippen molar-refractivity contribution >= 4 is 5.91 Å². The summed E-state index contributed by atoms with van der Waals surface area (Å²) in [6, 6.07) is -0.714. The predicted octanol–water partition coefficient (Wildman–Crippen LogP) is 8.39. The van der Waals surface area contributed by atoms with Crippen LogP contribution in [0.15, 0.2) is 0 Å². The van der Waals surface area contributed by atoms with Crippen LogP contribution in [0.1, 0.15) is 206 Å². The molecule has 1 fully saturated rings. The van der Waals surface area contributed by atoms with E-state index in [1.807, 2.05) is 0 Å². The molecule has 0 aromatic heterocycles. The summed E-state index contributed by atoms with van der Waals surface area (Å²) in [5.74, 6) is -0.318. The molecule has 51 heavy (non-hydrogen) atoms. The fraction of sp³-hybridized carbons (Fsp3) is 0.976. The lowest BCUT2D eigenvalue weighted by atomic mass is 9.99. The molecule has 1 rings (SSSR count). The van der Waals surface area contributed by atoms with Gasteiger partial charge >= 0.3 is 0 Å². The first-order valence-electron chi connectivity index (χ1n) is 21.7. The molecule has 0 radical (unpaired) electrons. The number of ether oxygens (including phenoxy) is 2. The normalized spacial score (nSPS) is 21.9. The molecule has 9 heteroatoms. The second kappa shape index (κ2) is 33.7. The third kappa shape index (κ3) is 25.8. The summed E-state index contributed by atoms with van der Waals surface area (Å²) in [6.45, 7) is 2.94. The van der Waals surface area contributed by atoms with Crippen molar-refractivity contribution in [2.45, 2.75) is 249 Å². The maximum atomic E-state index is 11.7. The monoisotopic (exact) mass is 730 g/mol. The van der Waals surface area contributed by atoms with Crippen LogP contribution in [0.2, 0.25) is 0 Å². The van der Waals surface area contributed by atoms with Gasteiger partial charge in [-0.3, -0.25) is 4.79 Å². The molecule has 1 aliphatic heterocycles. The highest BCUT2D eigenvalue weighted by Crippen LogP contribution is 2.23. The van der Waals surface area contributed by atoms with Gasteiger partial charge < -0.3 is 40.3 Å². The topological polar surface area (TPSA) is 149 Å². The number of rotatable bonds is 36. The zero-order valence-electron chi connectivity index (χ0n) is 33.1. The zero-order chi connectivity index (χ0) is 37.4. The summed E-state index contributed by atoms with van der Waals surface area (Å²) in [7, 11) is 0. The summed E-state index contributed by atoms with van der Waals surface area (Å²) in [4.78, 5) is 11.7. The van der Waals surface area contributed by atoms with Gasteiger partial charge in [0.1, 0.15) is 24.4 Å². The van der Waals surface area contributed by atoms with Crippen LogP contribution in [-0.4, -0.2) is 87.5 Å². The lowest BCUT2D eigenvalue weighted by Gasteiger charge is -2.40. The zero-order valence-corrected chi connectivity index (χ0v) is 33.1. The Balaban J connectivity index is 1.89. The Bertz CT molecular complexity index is 771. The van der Waals surface area contributed by atoms with Crippen LogP contribution in [-0.2, 0) is 14.3 Å². The van der Waals surface area contributed by atoms with Gasteiger partial charge in [0, 0.05) is 6.92 Å². The standard InChI is InChI=1S/C42H83NO8/c1-3-4-5-6-7-8-9-10-11-12-13-14-15-16-17-18-19-20-21-22-23-24-25-26-27-28-29-30-31-32-37(46)36(43-35(2)45)34-50-42-41(49)40(48)39(47)38(33-44)51-42/h36-42,44,46-49H,3-34H2,1-2H3,(H,43,45). The summed E-state index contributed by atoms with van der Waals surface area (Å²) in [6.07, 6.45) is 32.1. The molecule has 1 saturated heterocycles. The molecule has 7 atom stereocenters. The fourth-order valence-electron chi connectivity index (χ4n) is 7.31. The Morgan fingerprint density at radius 2 is 0.941 bits per heavy atom. The lowest BCUT2D eigenvalue weighted by molar-refractivity contribution is -0.302. The largest absolute Gasteiger partial charge is 0.394 e. The highest BCUT2D eigenvalue weighted by Gasteiger charge is 2.44. The number of nitrogens with one attached hydrogen (secondary N) is 1. The van der Waals surface area contributed by atoms with Crippen LogP contribution < -0.4 is 5.32 Å². The van der Waals surface area contributed by atoms with Crippen molar-refractivity contribution in [3.05, 3.63) is 0 Å². The molecule has 0 spiro atoms. The third-order valence-corrected chi connectivity index (χ3v) is 10.7. The summed E-state index contributed by atoms with van der Waals surface area (Å²) in [5.41, 5.74) is 0. The Hall–Kier alpha value is -0.810. The molecule has 1 amide bonds. The molecule has 7 unspecified atom stereocenters. The highest BCUT2D eigenvalue weighted by molar-refractivity contribution is 5.73. The van der Waals surface area contributed by atoms with Crippen molar-refractivity contribution in [3.8, 4) is 0 Å². The Labute approximate surface area is 313 Å². The second-order valence-electron chi connectivity index (χ2n) is 15.6. The molecule has 0 saturated carbocycles. The fourth-order valence-corrected chi connectivity index (χ4v) is 7.31. The van der Waals surface area contributed by atoms with E-state index in [2.05, 4.69) is 12.2 Å². The van der Waals surface area contributed by atoms with Crippen molar-refractivity contribution in [1.29, 1.82) is 0 Å². The minimum absolute atomic E-state index is 0.150. The van der Waals surface area contributed by atoms with E-state index in [9.17, 15) is 30.3 Å². The number of hydrogen-bond donors (Lipinski definition) is 6. The quantitative estimate of drug-likeness (QED) is 0.0353. The lowest BCUT2D eigenvalue weighted by Crippen LogP contribution is -2.60. The van der Waals surface area contributed by atoms with Crippen LogP contribution in [0.3, 0.4) is 0 Å². The second-order valence-corrected chi connectivity index (χ2v) is 15.6. The highest BCUT2D eigenvalue weighted by atomic mass is 16.7. The minimum atomic E-state index is -1.54. The van der Waals surface area contributed by atoms with E-state index < -0.39 is 49.5 Å². The smallest absolute Gasteiger partial charge is 0.217 e. The Morgan fingerprint density at radius 1 is 0.588 bits per heavy atom. The number of aliphatic hydroxyl groups is 5. The Morgan fingerprint density at radius 3 is 1.27 bits per heavy atom. The van der Waals surface area contributed by atoms with Crippen molar-refractivity contribution in [3.63, 3.8) is 0 Å². The molecule has 0 aliphatic carbocycles. The van der Waals surface area contributed by atoms with Crippen LogP contribution in [0.25, 0.3) is 0 Å². The molecule has 1 heterocycles. The number of hydrogen-bond acceptors (Lipinski definition) is 8. The number of unbranched alkanes of at least 4 members (excludes halogenated alkanes) is 28. The Kier molecular flexibility index (Phi) is 31.9. The molecule has 304 valence electrons. The average molecular weight is 730 g/mol. The van der Waals surface area contributed by atoms with E-state index in [4.69, 9.17) is 9.47 Å². The number of carbonyl (C=O) groups is 1. The van der Waals surface area contributed by atoms with Crippen LogP contribution >= 0.6 is 0 Å². The third-order valence-electron chi connectivity index (χ3n) is 10.7. The first-order valence-corrected chi connectivity index (χ1v) is 21.7. The van der Waals surface area contributed by atoms with Crippen LogP contribution in [0, 0.1) is 0 Å². The van der Waals surface area contributed by atoms with E-state index in [0.717, 1.165) is 19.3 Å². The predicted molar refractivity (Wildman–Crippen MR) is 208 cm³/mol. The van der Waals surface area contributed by atoms with Gasteiger partial charge in [-0.1, -0.05) is 193 Å². The molecule has 9 nitrogen and oxygen atoms in total. The van der Waals surface area contributed by atoms with E-state index in [1.165, 1.54) is 174 Å². The minimum Gasteiger partial charge on any atom is -0.394 e. The van der Waals surface area contributed by atoms with Gasteiger partial charge in [-0.2, -0.15) is 0 Å². The van der Waals surface area contributed by atoms with Crippen molar-refractivity contribution in [2.75, 3.05) is 13.2 Å². The van der Waals surface area contributed by atoms with Gasteiger partial charge in [0.05, 0.1) is 25.4 Å². The van der Waals surface area contributed by atoms with Crippen molar-refractivity contribution in [2.24, 2.45) is 0 Å². The SMILES string of the molecule is CCCCCCCCCCCCCCCCCCCCCCCCCCCCCCCC(O)C(COC1OC(CO)C(O)C(O)C1O)NC(C)=O. The maximum absolute atomic E-state index is 11.7. The van der Waals surface area contributed by atoms with Gasteiger partial charge in [0.25, 0.3) is 0 Å². The molecular formula is C42H83NO8. The molecule has 0 aromatic rings. The van der Waals surface area contributed by atoms with E-state index in [-0.39, 0.29) is 12.5 Å². The number of aliphatic hydroxyl groups excluding tert-OH is 5.